The highest BCUT2D eigenvalue weighted by Gasteiger charge is 2.15. The zero-order valence-corrected chi connectivity index (χ0v) is 8.22. The fourth-order valence-electron chi connectivity index (χ4n) is 0.577. The van der Waals surface area contributed by atoms with Crippen molar-refractivity contribution in [3.63, 3.8) is 0 Å². The Bertz CT molecular complexity index is 200. The fourth-order valence-corrected chi connectivity index (χ4v) is 0.577. The molecule has 0 saturated carbocycles. The van der Waals surface area contributed by atoms with Gasteiger partial charge >= 0.3 is 6.09 Å². The normalized spacial score (nSPS) is 10.0. The van der Waals surface area contributed by atoms with Crippen LogP contribution in [0.1, 0.15) is 20.8 Å². The molecule has 0 fully saturated rings. The second-order valence-electron chi connectivity index (χ2n) is 3.39. The summed E-state index contributed by atoms with van der Waals surface area (Å²) in [6.45, 7) is 6.02. The smallest absolute Gasteiger partial charge is 0.407 e. The van der Waals surface area contributed by atoms with E-state index in [1.807, 2.05) is 6.11 Å². The van der Waals surface area contributed by atoms with Crippen LogP contribution in [0.5, 0.6) is 0 Å². The Morgan fingerprint density at radius 2 is 2.15 bits per heavy atom. The van der Waals surface area contributed by atoms with Crippen LogP contribution in [0.15, 0.2) is 0 Å². The molecular weight excluding hydrogens is 170 g/mol. The molecule has 0 aliphatic heterocycles. The van der Waals surface area contributed by atoms with E-state index >= 15 is 0 Å². The van der Waals surface area contributed by atoms with Gasteiger partial charge in [-0.05, 0) is 20.8 Å². The molecule has 0 aliphatic rings. The van der Waals surface area contributed by atoms with Gasteiger partial charge in [0, 0.05) is 0 Å². The average molecular weight is 185 g/mol. The van der Waals surface area contributed by atoms with E-state index in [4.69, 9.17) is 11.2 Å². The average Bonchev–Trinajstić information content (AvgIpc) is 1.94. The van der Waals surface area contributed by atoms with Gasteiger partial charge < -0.3 is 14.8 Å². The number of hydrogen-bond donors (Lipinski definition) is 1. The predicted octanol–water partition coefficient (Wildman–Crippen LogP) is 1.12. The zero-order valence-electron chi connectivity index (χ0n) is 8.22. The molecule has 0 radical (unpaired) electrons. The minimum Gasteiger partial charge on any atom is -0.445 e. The van der Waals surface area contributed by atoms with Crippen LogP contribution in [0.4, 0.5) is 4.79 Å². The lowest BCUT2D eigenvalue weighted by molar-refractivity contribution is 0.0518. The molecule has 0 unspecified atom stereocenters. The second kappa shape index (κ2) is 5.31. The molecule has 0 atom stereocenters. The summed E-state index contributed by atoms with van der Waals surface area (Å²) in [4.78, 5) is 11.0. The number of terminal acetylenes is 1. The van der Waals surface area contributed by atoms with Gasteiger partial charge in [-0.25, -0.2) is 4.79 Å². The van der Waals surface area contributed by atoms with Crippen LogP contribution in [0, 0.1) is 12.5 Å². The van der Waals surface area contributed by atoms with Crippen LogP contribution in [0.3, 0.4) is 0 Å². The molecule has 13 heavy (non-hydrogen) atoms. The van der Waals surface area contributed by atoms with Crippen LogP contribution < -0.4 is 5.32 Å². The number of nitrogens with one attached hydrogen (secondary N) is 1. The van der Waals surface area contributed by atoms with E-state index in [-0.39, 0.29) is 6.61 Å². The quantitative estimate of drug-likeness (QED) is 0.529. The molecule has 1 N–H and O–H groups in total. The SMILES string of the molecule is C#COCCNC(=O)OC(C)(C)C. The van der Waals surface area contributed by atoms with Crippen LogP contribution in [-0.2, 0) is 9.47 Å². The van der Waals surface area contributed by atoms with Crippen molar-refractivity contribution in [3.8, 4) is 12.5 Å². The summed E-state index contributed by atoms with van der Waals surface area (Å²) >= 11 is 0. The highest BCUT2D eigenvalue weighted by Crippen LogP contribution is 2.05. The molecule has 4 nitrogen and oxygen atoms in total. The van der Waals surface area contributed by atoms with E-state index in [2.05, 4.69) is 10.1 Å². The summed E-state index contributed by atoms with van der Waals surface area (Å²) < 4.78 is 9.53. The maximum Gasteiger partial charge on any atom is 0.407 e. The number of hydrogen-bond acceptors (Lipinski definition) is 3. The molecular formula is C9H15NO3. The summed E-state index contributed by atoms with van der Waals surface area (Å²) in [5, 5.41) is 2.49. The first-order valence-corrected chi connectivity index (χ1v) is 4.00. The maximum absolute atomic E-state index is 11.0. The maximum atomic E-state index is 11.0. The van der Waals surface area contributed by atoms with Crippen molar-refractivity contribution >= 4 is 6.09 Å². The number of carbonyl (C=O) groups excluding carboxylic acids is 1. The summed E-state index contributed by atoms with van der Waals surface area (Å²) in [6, 6.07) is 0. The van der Waals surface area contributed by atoms with Crippen LogP contribution in [-0.4, -0.2) is 24.8 Å². The number of alkyl carbamates (subject to hydrolysis) is 1. The lowest BCUT2D eigenvalue weighted by Gasteiger charge is -2.19. The third-order valence-electron chi connectivity index (χ3n) is 0.956. The number of amides is 1. The molecule has 0 aliphatic carbocycles. The summed E-state index contributed by atoms with van der Waals surface area (Å²) in [5.74, 6) is 0. The van der Waals surface area contributed by atoms with Crippen molar-refractivity contribution in [1.29, 1.82) is 0 Å². The molecule has 0 saturated heterocycles. The zero-order chi connectivity index (χ0) is 10.3. The fraction of sp³-hybridized carbons (Fsp3) is 0.667. The van der Waals surface area contributed by atoms with Gasteiger partial charge in [0.2, 0.25) is 0 Å². The molecule has 4 heteroatoms. The first kappa shape index (κ1) is 11.6. The molecule has 0 aromatic carbocycles. The molecule has 0 rings (SSSR count). The standard InChI is InChI=1S/C9H15NO3/c1-5-12-7-6-10-8(11)13-9(2,3)4/h1H,6-7H2,2-4H3,(H,10,11). The van der Waals surface area contributed by atoms with Crippen molar-refractivity contribution in [2.24, 2.45) is 0 Å². The summed E-state index contributed by atoms with van der Waals surface area (Å²) in [5.41, 5.74) is -0.475. The Balaban J connectivity index is 3.48. The number of rotatable bonds is 3. The van der Waals surface area contributed by atoms with Crippen molar-refractivity contribution in [2.75, 3.05) is 13.2 Å². The van der Waals surface area contributed by atoms with Gasteiger partial charge in [0.05, 0.1) is 6.54 Å². The Morgan fingerprint density at radius 3 is 2.62 bits per heavy atom. The Labute approximate surface area is 78.6 Å². The van der Waals surface area contributed by atoms with E-state index in [1.165, 1.54) is 0 Å². The van der Waals surface area contributed by atoms with Crippen LogP contribution >= 0.6 is 0 Å². The van der Waals surface area contributed by atoms with Gasteiger partial charge in [-0.2, -0.15) is 0 Å². The summed E-state index contributed by atoms with van der Waals surface area (Å²) in [7, 11) is 0. The molecule has 1 amide bonds. The molecule has 0 heterocycles. The third kappa shape index (κ3) is 8.54. The van der Waals surface area contributed by atoms with E-state index in [0.29, 0.717) is 6.54 Å². The summed E-state index contributed by atoms with van der Waals surface area (Å²) in [6.07, 6.45) is 6.36. The molecule has 0 aromatic heterocycles. The van der Waals surface area contributed by atoms with Crippen LogP contribution in [0.25, 0.3) is 0 Å². The van der Waals surface area contributed by atoms with Crippen molar-refractivity contribution in [3.05, 3.63) is 0 Å². The molecule has 74 valence electrons. The van der Waals surface area contributed by atoms with Gasteiger partial charge in [0.25, 0.3) is 0 Å². The highest BCUT2D eigenvalue weighted by molar-refractivity contribution is 5.67. The van der Waals surface area contributed by atoms with Crippen molar-refractivity contribution < 1.29 is 14.3 Å². The number of ether oxygens (including phenoxy) is 2. The van der Waals surface area contributed by atoms with E-state index in [0.717, 1.165) is 0 Å². The van der Waals surface area contributed by atoms with E-state index < -0.39 is 11.7 Å². The van der Waals surface area contributed by atoms with E-state index in [9.17, 15) is 4.79 Å². The molecule has 0 bridgehead atoms. The van der Waals surface area contributed by atoms with E-state index in [1.54, 1.807) is 20.8 Å². The highest BCUT2D eigenvalue weighted by atomic mass is 16.6. The van der Waals surface area contributed by atoms with Gasteiger partial charge in [-0.1, -0.05) is 6.42 Å². The second-order valence-corrected chi connectivity index (χ2v) is 3.39. The molecule has 0 spiro atoms. The Hall–Kier alpha value is -1.37. The first-order valence-electron chi connectivity index (χ1n) is 4.00. The topological polar surface area (TPSA) is 47.6 Å². The molecule has 0 aromatic rings. The van der Waals surface area contributed by atoms with Gasteiger partial charge in [0.1, 0.15) is 18.3 Å². The van der Waals surface area contributed by atoms with Crippen molar-refractivity contribution in [2.45, 2.75) is 26.4 Å². The lowest BCUT2D eigenvalue weighted by atomic mass is 10.2. The van der Waals surface area contributed by atoms with Gasteiger partial charge in [-0.15, -0.1) is 0 Å². The third-order valence-corrected chi connectivity index (χ3v) is 0.956. The van der Waals surface area contributed by atoms with Crippen molar-refractivity contribution in [1.82, 2.24) is 5.32 Å². The van der Waals surface area contributed by atoms with Gasteiger partial charge in [0.15, 0.2) is 0 Å². The Kier molecular flexibility index (Phi) is 4.75. The monoisotopic (exact) mass is 185 g/mol. The predicted molar refractivity (Wildman–Crippen MR) is 49.0 cm³/mol. The van der Waals surface area contributed by atoms with Crippen LogP contribution in [0.2, 0.25) is 0 Å². The lowest BCUT2D eigenvalue weighted by Crippen LogP contribution is -2.34. The number of carbonyl (C=O) groups is 1. The minimum absolute atomic E-state index is 0.287. The first-order chi connectivity index (χ1) is 5.95. The largest absolute Gasteiger partial charge is 0.445 e. The van der Waals surface area contributed by atoms with Gasteiger partial charge in [-0.3, -0.25) is 0 Å². The minimum atomic E-state index is -0.475. The Morgan fingerprint density at radius 1 is 1.54 bits per heavy atom.